The van der Waals surface area contributed by atoms with E-state index in [1.165, 1.54) is 85.1 Å². The Labute approximate surface area is 268 Å². The third-order valence-corrected chi connectivity index (χ3v) is 7.07. The Balaban J connectivity index is 1.69. The van der Waals surface area contributed by atoms with Gasteiger partial charge in [-0.2, -0.15) is 0 Å². The van der Waals surface area contributed by atoms with Gasteiger partial charge in [-0.05, 0) is 48.5 Å². The molecule has 12 nitrogen and oxygen atoms in total. The molecule has 0 aliphatic carbocycles. The molecule has 0 atom stereocenters. The molecule has 5 aromatic rings. The molecule has 0 amide bonds. The molecular formula is C35H30O12. The maximum atomic E-state index is 14.3. The van der Waals surface area contributed by atoms with Gasteiger partial charge in [0.2, 0.25) is 22.7 Å². The van der Waals surface area contributed by atoms with Gasteiger partial charge in [0, 0.05) is 5.56 Å². The lowest BCUT2D eigenvalue weighted by atomic mass is 10.1. The normalized spacial score (nSPS) is 10.6. The molecule has 12 heteroatoms. The van der Waals surface area contributed by atoms with Crippen LogP contribution >= 0.6 is 0 Å². The number of carbonyl (C=O) groups is 2. The van der Waals surface area contributed by atoms with Gasteiger partial charge < -0.3 is 42.3 Å². The second-order valence-corrected chi connectivity index (χ2v) is 9.69. The summed E-state index contributed by atoms with van der Waals surface area (Å²) in [6, 6.07) is 18.5. The van der Waals surface area contributed by atoms with Crippen LogP contribution in [0.15, 0.2) is 82.0 Å². The molecule has 5 rings (SSSR count). The van der Waals surface area contributed by atoms with Gasteiger partial charge in [0.15, 0.2) is 28.8 Å². The first kappa shape index (κ1) is 32.2. The van der Waals surface area contributed by atoms with E-state index in [4.69, 9.17) is 42.3 Å². The number of fused-ring (bicyclic) bond motifs is 1. The minimum Gasteiger partial charge on any atom is -0.493 e. The Hall–Kier alpha value is -6.17. The molecule has 0 aliphatic rings. The Kier molecular flexibility index (Phi) is 9.50. The van der Waals surface area contributed by atoms with E-state index in [1.807, 2.05) is 0 Å². The molecule has 1 heterocycles. The van der Waals surface area contributed by atoms with Crippen LogP contribution < -0.4 is 43.3 Å². The van der Waals surface area contributed by atoms with E-state index in [1.54, 1.807) is 30.3 Å². The van der Waals surface area contributed by atoms with Crippen LogP contribution in [0.3, 0.4) is 0 Å². The van der Waals surface area contributed by atoms with E-state index in [0.717, 1.165) is 0 Å². The highest BCUT2D eigenvalue weighted by Gasteiger charge is 2.27. The highest BCUT2D eigenvalue weighted by Crippen LogP contribution is 2.44. The maximum Gasteiger partial charge on any atom is 0.343 e. The fourth-order valence-corrected chi connectivity index (χ4v) is 4.86. The van der Waals surface area contributed by atoms with Gasteiger partial charge in [-0.1, -0.05) is 24.3 Å². The number of carbonyl (C=O) groups excluding carboxylic acids is 2. The van der Waals surface area contributed by atoms with Gasteiger partial charge in [-0.25, -0.2) is 9.59 Å². The summed E-state index contributed by atoms with van der Waals surface area (Å²) >= 11 is 0. The van der Waals surface area contributed by atoms with Gasteiger partial charge >= 0.3 is 11.9 Å². The zero-order chi connectivity index (χ0) is 33.7. The highest BCUT2D eigenvalue weighted by atomic mass is 16.6. The summed E-state index contributed by atoms with van der Waals surface area (Å²) < 4.78 is 50.1. The molecule has 0 unspecified atom stereocenters. The minimum atomic E-state index is -0.840. The molecule has 0 bridgehead atoms. The first-order valence-corrected chi connectivity index (χ1v) is 14.0. The monoisotopic (exact) mass is 642 g/mol. The van der Waals surface area contributed by atoms with Crippen molar-refractivity contribution in [3.63, 3.8) is 0 Å². The summed E-state index contributed by atoms with van der Waals surface area (Å²) in [5.74, 6) is -0.837. The van der Waals surface area contributed by atoms with Crippen LogP contribution in [0.4, 0.5) is 0 Å². The first-order chi connectivity index (χ1) is 22.8. The molecular weight excluding hydrogens is 612 g/mol. The summed E-state index contributed by atoms with van der Waals surface area (Å²) in [5, 5.41) is -0.152. The predicted molar refractivity (Wildman–Crippen MR) is 170 cm³/mol. The number of hydrogen-bond acceptors (Lipinski definition) is 12. The molecule has 0 fully saturated rings. The standard InChI is InChI=1S/C35H30O12/c1-39-24-15-20(16-25(40-2)31(24)43-5)30-33(47-34(37)19-11-8-7-9-12-19)29(36)28-22(45-30)13-10-14-23(28)46-35(38)21-17-26(41-3)32(44-6)27(18-21)42-4/h7-18H,1-6H3. The predicted octanol–water partition coefficient (Wildman–Crippen LogP) is 5.95. The average molecular weight is 643 g/mol. The van der Waals surface area contributed by atoms with Crippen molar-refractivity contribution in [3.8, 4) is 57.3 Å². The Morgan fingerprint density at radius 1 is 0.532 bits per heavy atom. The van der Waals surface area contributed by atoms with Gasteiger partial charge in [-0.3, -0.25) is 4.79 Å². The van der Waals surface area contributed by atoms with Crippen molar-refractivity contribution in [2.75, 3.05) is 42.7 Å². The summed E-state index contributed by atoms with van der Waals surface area (Å²) in [5.41, 5.74) is -0.245. The third-order valence-electron chi connectivity index (χ3n) is 7.07. The lowest BCUT2D eigenvalue weighted by Gasteiger charge is -2.16. The van der Waals surface area contributed by atoms with Crippen molar-refractivity contribution in [1.29, 1.82) is 0 Å². The van der Waals surface area contributed by atoms with Crippen LogP contribution in [-0.2, 0) is 0 Å². The number of esters is 2. The second-order valence-electron chi connectivity index (χ2n) is 9.69. The number of ether oxygens (including phenoxy) is 8. The van der Waals surface area contributed by atoms with E-state index >= 15 is 0 Å². The van der Waals surface area contributed by atoms with Gasteiger partial charge in [0.1, 0.15) is 16.7 Å². The van der Waals surface area contributed by atoms with Crippen LogP contribution in [0, 0.1) is 0 Å². The quantitative estimate of drug-likeness (QED) is 0.124. The molecule has 0 radical (unpaired) electrons. The van der Waals surface area contributed by atoms with Crippen molar-refractivity contribution >= 4 is 22.9 Å². The van der Waals surface area contributed by atoms with Crippen molar-refractivity contribution in [1.82, 2.24) is 0 Å². The minimum absolute atomic E-state index is 0.0356. The lowest BCUT2D eigenvalue weighted by molar-refractivity contribution is 0.0721. The summed E-state index contributed by atoms with van der Waals surface area (Å²) in [6.45, 7) is 0. The van der Waals surface area contributed by atoms with Crippen molar-refractivity contribution in [2.45, 2.75) is 0 Å². The number of benzene rings is 4. The maximum absolute atomic E-state index is 14.3. The molecule has 0 saturated carbocycles. The number of methoxy groups -OCH3 is 6. The van der Waals surface area contributed by atoms with Crippen LogP contribution in [-0.4, -0.2) is 54.6 Å². The summed E-state index contributed by atoms with van der Waals surface area (Å²) in [6.07, 6.45) is 0. The van der Waals surface area contributed by atoms with Gasteiger partial charge in [0.05, 0.1) is 53.8 Å². The van der Waals surface area contributed by atoms with Crippen LogP contribution in [0.25, 0.3) is 22.3 Å². The second kappa shape index (κ2) is 13.9. The molecule has 0 saturated heterocycles. The average Bonchev–Trinajstić information content (AvgIpc) is 3.11. The van der Waals surface area contributed by atoms with Crippen molar-refractivity contribution < 1.29 is 51.9 Å². The number of hydrogen-bond donors (Lipinski definition) is 0. The summed E-state index contributed by atoms with van der Waals surface area (Å²) in [7, 11) is 8.57. The zero-order valence-corrected chi connectivity index (χ0v) is 26.3. The SMILES string of the molecule is COc1cc(C(=O)Oc2cccc3oc(-c4cc(OC)c(OC)c(OC)c4)c(OC(=O)c4ccccc4)c(=O)c23)cc(OC)c1OC. The van der Waals surface area contributed by atoms with Crippen LogP contribution in [0.2, 0.25) is 0 Å². The molecule has 4 aromatic carbocycles. The van der Waals surface area contributed by atoms with E-state index < -0.39 is 23.1 Å². The fourth-order valence-electron chi connectivity index (χ4n) is 4.86. The molecule has 242 valence electrons. The van der Waals surface area contributed by atoms with E-state index in [-0.39, 0.29) is 67.9 Å². The highest BCUT2D eigenvalue weighted by molar-refractivity contribution is 5.97. The molecule has 0 aliphatic heterocycles. The smallest absolute Gasteiger partial charge is 0.343 e. The van der Waals surface area contributed by atoms with Crippen molar-refractivity contribution in [3.05, 3.63) is 94.1 Å². The molecule has 1 aromatic heterocycles. The van der Waals surface area contributed by atoms with Crippen LogP contribution in [0.1, 0.15) is 20.7 Å². The molecule has 0 spiro atoms. The fraction of sp³-hybridized carbons (Fsp3) is 0.171. The third kappa shape index (κ3) is 6.21. The molecule has 47 heavy (non-hydrogen) atoms. The van der Waals surface area contributed by atoms with Gasteiger partial charge in [0.25, 0.3) is 0 Å². The Morgan fingerprint density at radius 2 is 1.06 bits per heavy atom. The first-order valence-electron chi connectivity index (χ1n) is 14.0. The zero-order valence-electron chi connectivity index (χ0n) is 26.3. The van der Waals surface area contributed by atoms with E-state index in [0.29, 0.717) is 5.75 Å². The largest absolute Gasteiger partial charge is 0.493 e. The van der Waals surface area contributed by atoms with E-state index in [9.17, 15) is 14.4 Å². The van der Waals surface area contributed by atoms with E-state index in [2.05, 4.69) is 0 Å². The van der Waals surface area contributed by atoms with Gasteiger partial charge in [-0.15, -0.1) is 0 Å². The van der Waals surface area contributed by atoms with Crippen LogP contribution in [0.5, 0.6) is 46.0 Å². The molecule has 0 N–H and O–H groups in total. The Morgan fingerprint density at radius 3 is 1.60 bits per heavy atom. The topological polar surface area (TPSA) is 138 Å². The lowest BCUT2D eigenvalue weighted by Crippen LogP contribution is -2.17. The Bertz CT molecular complexity index is 1960. The van der Waals surface area contributed by atoms with Crippen molar-refractivity contribution in [2.24, 2.45) is 0 Å². The number of rotatable bonds is 11. The summed E-state index contributed by atoms with van der Waals surface area (Å²) in [4.78, 5) is 40.9.